The van der Waals surface area contributed by atoms with Crippen LogP contribution in [0.25, 0.3) is 11.3 Å². The standard InChI is InChI=1S/C20H25N3O4S/c1-27-20(24)23-13-7-12-18(22-28(2,25)26)19(23)14-16-10-6-11-17(21-16)15-8-4-3-5-9-15/h3-6,8-11,18-19,22H,7,12-14H2,1-2H3/t18-,19-/m1/s1. The van der Waals surface area contributed by atoms with Crippen LogP contribution in [0.3, 0.4) is 0 Å². The molecule has 2 atom stereocenters. The van der Waals surface area contributed by atoms with Gasteiger partial charge in [0.2, 0.25) is 10.0 Å². The molecule has 1 aromatic carbocycles. The van der Waals surface area contributed by atoms with E-state index in [-0.39, 0.29) is 12.1 Å². The molecule has 7 nitrogen and oxygen atoms in total. The lowest BCUT2D eigenvalue weighted by atomic mass is 9.93. The number of sulfonamides is 1. The number of aromatic nitrogens is 1. The molecule has 0 aliphatic carbocycles. The second-order valence-corrected chi connectivity index (χ2v) is 8.73. The minimum Gasteiger partial charge on any atom is -0.453 e. The van der Waals surface area contributed by atoms with Crippen molar-refractivity contribution in [3.05, 3.63) is 54.2 Å². The highest BCUT2D eigenvalue weighted by Gasteiger charge is 2.36. The first-order valence-electron chi connectivity index (χ1n) is 9.20. The van der Waals surface area contributed by atoms with Crippen molar-refractivity contribution in [3.8, 4) is 11.3 Å². The average molecular weight is 404 g/mol. The molecule has 1 amide bonds. The number of ether oxygens (including phenoxy) is 1. The second kappa shape index (κ2) is 8.70. The molecule has 1 saturated heterocycles. The quantitative estimate of drug-likeness (QED) is 0.828. The van der Waals surface area contributed by atoms with Crippen LogP contribution < -0.4 is 4.72 Å². The van der Waals surface area contributed by atoms with E-state index >= 15 is 0 Å². The molecule has 0 radical (unpaired) electrons. The molecular weight excluding hydrogens is 378 g/mol. The Morgan fingerprint density at radius 3 is 2.64 bits per heavy atom. The molecule has 2 heterocycles. The molecule has 0 saturated carbocycles. The number of pyridine rings is 1. The third kappa shape index (κ3) is 5.08. The number of carbonyl (C=O) groups excluding carboxylic acids is 1. The van der Waals surface area contributed by atoms with Crippen molar-refractivity contribution in [2.75, 3.05) is 19.9 Å². The molecule has 1 aromatic heterocycles. The van der Waals surface area contributed by atoms with Gasteiger partial charge in [0.1, 0.15) is 0 Å². The molecule has 28 heavy (non-hydrogen) atoms. The molecule has 0 unspecified atom stereocenters. The predicted molar refractivity (Wildman–Crippen MR) is 107 cm³/mol. The molecule has 1 aliphatic heterocycles. The zero-order valence-corrected chi connectivity index (χ0v) is 16.9. The van der Waals surface area contributed by atoms with Crippen LogP contribution in [0.4, 0.5) is 4.79 Å². The fourth-order valence-electron chi connectivity index (χ4n) is 3.64. The number of rotatable bonds is 5. The van der Waals surface area contributed by atoms with Crippen molar-refractivity contribution >= 4 is 16.1 Å². The van der Waals surface area contributed by atoms with Crippen molar-refractivity contribution in [3.63, 3.8) is 0 Å². The van der Waals surface area contributed by atoms with Crippen molar-refractivity contribution in [1.82, 2.24) is 14.6 Å². The van der Waals surface area contributed by atoms with Gasteiger partial charge >= 0.3 is 6.09 Å². The lowest BCUT2D eigenvalue weighted by molar-refractivity contribution is 0.0789. The minimum absolute atomic E-state index is 0.366. The Bertz CT molecular complexity index is 918. The topological polar surface area (TPSA) is 88.6 Å². The maximum atomic E-state index is 12.3. The zero-order valence-electron chi connectivity index (χ0n) is 16.0. The Labute approximate surface area is 165 Å². The van der Waals surface area contributed by atoms with E-state index in [0.29, 0.717) is 25.8 Å². The highest BCUT2D eigenvalue weighted by atomic mass is 32.2. The Morgan fingerprint density at radius 2 is 1.96 bits per heavy atom. The van der Waals surface area contributed by atoms with Crippen LogP contribution in [-0.2, 0) is 21.2 Å². The first-order chi connectivity index (χ1) is 13.4. The summed E-state index contributed by atoms with van der Waals surface area (Å²) >= 11 is 0. The summed E-state index contributed by atoms with van der Waals surface area (Å²) in [7, 11) is -2.07. The van der Waals surface area contributed by atoms with Crippen molar-refractivity contribution in [2.24, 2.45) is 0 Å². The normalized spacial score (nSPS) is 20.0. The number of hydrogen-bond acceptors (Lipinski definition) is 5. The van der Waals surface area contributed by atoms with Gasteiger partial charge in [0, 0.05) is 30.3 Å². The lowest BCUT2D eigenvalue weighted by Gasteiger charge is -2.40. The number of hydrogen-bond donors (Lipinski definition) is 1. The van der Waals surface area contributed by atoms with Gasteiger partial charge in [-0.1, -0.05) is 36.4 Å². The SMILES string of the molecule is COC(=O)N1CCC[C@@H](NS(C)(=O)=O)[C@H]1Cc1cccc(-c2ccccc2)n1. The number of likely N-dealkylation sites (tertiary alicyclic amines) is 1. The van der Waals surface area contributed by atoms with Crippen LogP contribution in [-0.4, -0.2) is 56.4 Å². The van der Waals surface area contributed by atoms with Gasteiger partial charge in [0.25, 0.3) is 0 Å². The average Bonchev–Trinajstić information content (AvgIpc) is 2.68. The van der Waals surface area contributed by atoms with Gasteiger partial charge in [-0.25, -0.2) is 17.9 Å². The first-order valence-corrected chi connectivity index (χ1v) is 11.1. The third-order valence-electron chi connectivity index (χ3n) is 4.85. The summed E-state index contributed by atoms with van der Waals surface area (Å²) in [6.45, 7) is 0.525. The lowest BCUT2D eigenvalue weighted by Crippen LogP contribution is -2.57. The van der Waals surface area contributed by atoms with Crippen molar-refractivity contribution in [1.29, 1.82) is 0 Å². The maximum Gasteiger partial charge on any atom is 0.409 e. The van der Waals surface area contributed by atoms with Crippen molar-refractivity contribution in [2.45, 2.75) is 31.3 Å². The number of nitrogens with zero attached hydrogens (tertiary/aromatic N) is 2. The Hall–Kier alpha value is -2.45. The number of amides is 1. The molecule has 3 rings (SSSR count). The van der Waals surface area contributed by atoms with E-state index in [1.807, 2.05) is 48.5 Å². The highest BCUT2D eigenvalue weighted by molar-refractivity contribution is 7.88. The monoisotopic (exact) mass is 403 g/mol. The Balaban J connectivity index is 1.89. The van der Waals surface area contributed by atoms with Crippen molar-refractivity contribution < 1.29 is 17.9 Å². The number of nitrogens with one attached hydrogen (secondary N) is 1. The molecule has 1 fully saturated rings. The van der Waals surface area contributed by atoms with Gasteiger partial charge in [-0.3, -0.25) is 4.98 Å². The smallest absolute Gasteiger partial charge is 0.409 e. The fourth-order valence-corrected chi connectivity index (χ4v) is 4.47. The van der Waals surface area contributed by atoms with Crippen LogP contribution >= 0.6 is 0 Å². The molecule has 0 spiro atoms. The fraction of sp³-hybridized carbons (Fsp3) is 0.400. The van der Waals surface area contributed by atoms with Crippen LogP contribution in [0.5, 0.6) is 0 Å². The Morgan fingerprint density at radius 1 is 1.21 bits per heavy atom. The van der Waals surface area contributed by atoms with E-state index < -0.39 is 16.1 Å². The largest absolute Gasteiger partial charge is 0.453 e. The zero-order chi connectivity index (χ0) is 20.1. The molecular formula is C20H25N3O4S. The molecule has 1 aliphatic rings. The van der Waals surface area contributed by atoms with E-state index in [1.54, 1.807) is 4.90 Å². The van der Waals surface area contributed by atoms with Gasteiger partial charge < -0.3 is 9.64 Å². The van der Waals surface area contributed by atoms with Crippen LogP contribution in [0, 0.1) is 0 Å². The van der Waals surface area contributed by atoms with Gasteiger partial charge in [0.05, 0.1) is 25.1 Å². The van der Waals surface area contributed by atoms with Gasteiger partial charge in [-0.2, -0.15) is 0 Å². The third-order valence-corrected chi connectivity index (χ3v) is 5.58. The van der Waals surface area contributed by atoms with E-state index in [1.165, 1.54) is 7.11 Å². The molecule has 8 heteroatoms. The summed E-state index contributed by atoms with van der Waals surface area (Å²) in [5.74, 6) is 0. The van der Waals surface area contributed by atoms with E-state index in [2.05, 4.69) is 4.72 Å². The number of benzene rings is 1. The molecule has 0 bridgehead atoms. The molecule has 150 valence electrons. The van der Waals surface area contributed by atoms with E-state index in [9.17, 15) is 13.2 Å². The van der Waals surface area contributed by atoms with Crippen LogP contribution in [0.2, 0.25) is 0 Å². The second-order valence-electron chi connectivity index (χ2n) is 6.95. The number of methoxy groups -OCH3 is 1. The molecule has 2 aromatic rings. The highest BCUT2D eigenvalue weighted by Crippen LogP contribution is 2.24. The first kappa shape index (κ1) is 20.3. The predicted octanol–water partition coefficient (Wildman–Crippen LogP) is 2.44. The minimum atomic E-state index is -3.41. The molecule has 1 N–H and O–H groups in total. The summed E-state index contributed by atoms with van der Waals surface area (Å²) in [5, 5.41) is 0. The summed E-state index contributed by atoms with van der Waals surface area (Å²) in [6.07, 6.45) is 2.47. The summed E-state index contributed by atoms with van der Waals surface area (Å²) < 4.78 is 31.2. The summed E-state index contributed by atoms with van der Waals surface area (Å²) in [5.41, 5.74) is 2.64. The number of carbonyl (C=O) groups is 1. The van der Waals surface area contributed by atoms with Gasteiger partial charge in [0.15, 0.2) is 0 Å². The number of piperidine rings is 1. The summed E-state index contributed by atoms with van der Waals surface area (Å²) in [6, 6.07) is 14.8. The summed E-state index contributed by atoms with van der Waals surface area (Å²) in [4.78, 5) is 18.6. The maximum absolute atomic E-state index is 12.3. The van der Waals surface area contributed by atoms with E-state index in [4.69, 9.17) is 9.72 Å². The van der Waals surface area contributed by atoms with E-state index in [0.717, 1.165) is 23.2 Å². The van der Waals surface area contributed by atoms with Crippen LogP contribution in [0.15, 0.2) is 48.5 Å². The van der Waals surface area contributed by atoms with Gasteiger partial charge in [-0.15, -0.1) is 0 Å². The van der Waals surface area contributed by atoms with Gasteiger partial charge in [-0.05, 0) is 25.0 Å². The Kier molecular flexibility index (Phi) is 6.31. The van der Waals surface area contributed by atoms with Crippen LogP contribution in [0.1, 0.15) is 18.5 Å².